The summed E-state index contributed by atoms with van der Waals surface area (Å²) in [5.74, 6) is 0. The molecule has 3 heterocycles. The highest BCUT2D eigenvalue weighted by Crippen LogP contribution is 2.37. The van der Waals surface area contributed by atoms with E-state index in [-0.39, 0.29) is 0 Å². The fraction of sp³-hybridized carbons (Fsp3) is 0.0222. The molecule has 0 bridgehead atoms. The lowest BCUT2D eigenvalue weighted by Gasteiger charge is -2.14. The van der Waals surface area contributed by atoms with Gasteiger partial charge in [0.25, 0.3) is 0 Å². The number of fused-ring (bicyclic) bond motifs is 7. The molecule has 10 rings (SSSR count). The van der Waals surface area contributed by atoms with E-state index in [4.69, 9.17) is 9.97 Å². The van der Waals surface area contributed by atoms with Gasteiger partial charge in [-0.15, -0.1) is 0 Å². The maximum Gasteiger partial charge on any atom is 0.0973 e. The van der Waals surface area contributed by atoms with E-state index >= 15 is 0 Å². The lowest BCUT2D eigenvalue weighted by atomic mass is 10.0. The number of para-hydroxylation sites is 5. The van der Waals surface area contributed by atoms with Gasteiger partial charge in [0.05, 0.1) is 44.5 Å². The molecule has 10 aromatic rings. The second-order valence-corrected chi connectivity index (χ2v) is 12.7. The molecule has 0 amide bonds. The second-order valence-electron chi connectivity index (χ2n) is 12.7. The maximum absolute atomic E-state index is 5.29. The van der Waals surface area contributed by atoms with Gasteiger partial charge in [-0.1, -0.05) is 109 Å². The highest BCUT2D eigenvalue weighted by molar-refractivity contribution is 6.10. The van der Waals surface area contributed by atoms with Crippen molar-refractivity contribution in [2.45, 2.75) is 6.92 Å². The third-order valence-corrected chi connectivity index (χ3v) is 9.85. The number of aryl methyl sites for hydroxylation is 1. The van der Waals surface area contributed by atoms with Crippen molar-refractivity contribution in [1.82, 2.24) is 19.1 Å². The van der Waals surface area contributed by atoms with Gasteiger partial charge in [0, 0.05) is 44.0 Å². The summed E-state index contributed by atoms with van der Waals surface area (Å²) in [6.07, 6.45) is 0. The van der Waals surface area contributed by atoms with E-state index in [0.717, 1.165) is 50.5 Å². The second kappa shape index (κ2) is 10.8. The third kappa shape index (κ3) is 4.24. The quantitative estimate of drug-likeness (QED) is 0.195. The van der Waals surface area contributed by atoms with E-state index in [2.05, 4.69) is 180 Å². The third-order valence-electron chi connectivity index (χ3n) is 9.85. The first-order valence-electron chi connectivity index (χ1n) is 16.7. The highest BCUT2D eigenvalue weighted by Gasteiger charge is 2.17. The predicted molar refractivity (Wildman–Crippen MR) is 204 cm³/mol. The zero-order valence-electron chi connectivity index (χ0n) is 26.9. The fourth-order valence-electron chi connectivity index (χ4n) is 7.56. The molecule has 3 aromatic heterocycles. The van der Waals surface area contributed by atoms with E-state index in [1.54, 1.807) is 0 Å². The molecule has 0 aliphatic heterocycles. The Balaban J connectivity index is 1.12. The Morgan fingerprint density at radius 2 is 0.755 bits per heavy atom. The van der Waals surface area contributed by atoms with E-state index in [1.165, 1.54) is 43.6 Å². The molecule has 49 heavy (non-hydrogen) atoms. The number of benzene rings is 7. The van der Waals surface area contributed by atoms with Crippen LogP contribution in [0.15, 0.2) is 164 Å². The van der Waals surface area contributed by atoms with Crippen molar-refractivity contribution >= 4 is 54.6 Å². The first kappa shape index (κ1) is 27.6. The minimum absolute atomic E-state index is 0.872. The van der Waals surface area contributed by atoms with Crippen LogP contribution in [-0.4, -0.2) is 19.1 Å². The van der Waals surface area contributed by atoms with Crippen molar-refractivity contribution in [3.63, 3.8) is 0 Å². The Labute approximate surface area is 283 Å². The Hall–Kier alpha value is -6.52. The number of hydrogen-bond acceptors (Lipinski definition) is 2. The van der Waals surface area contributed by atoms with Crippen LogP contribution in [0, 0.1) is 6.92 Å². The minimum atomic E-state index is 0.872. The molecule has 0 atom stereocenters. The van der Waals surface area contributed by atoms with Gasteiger partial charge in [0.1, 0.15) is 0 Å². The van der Waals surface area contributed by atoms with Crippen LogP contribution in [0.2, 0.25) is 0 Å². The van der Waals surface area contributed by atoms with E-state index in [1.807, 2.05) is 0 Å². The molecule has 0 radical (unpaired) electrons. The Morgan fingerprint density at radius 1 is 0.367 bits per heavy atom. The summed E-state index contributed by atoms with van der Waals surface area (Å²) in [6, 6.07) is 58.2. The molecule has 0 unspecified atom stereocenters. The molecule has 0 fully saturated rings. The molecule has 0 saturated carbocycles. The van der Waals surface area contributed by atoms with Crippen LogP contribution in [0.5, 0.6) is 0 Å². The Kier molecular flexibility index (Phi) is 6.06. The smallest absolute Gasteiger partial charge is 0.0973 e. The Bertz CT molecular complexity index is 2770. The van der Waals surface area contributed by atoms with Gasteiger partial charge in [-0.3, -0.25) is 0 Å². The van der Waals surface area contributed by atoms with Crippen molar-refractivity contribution in [2.75, 3.05) is 0 Å². The van der Waals surface area contributed by atoms with Crippen LogP contribution in [0.3, 0.4) is 0 Å². The first-order chi connectivity index (χ1) is 24.2. The zero-order valence-corrected chi connectivity index (χ0v) is 26.9. The summed E-state index contributed by atoms with van der Waals surface area (Å²) in [7, 11) is 0. The molecule has 0 aliphatic rings. The largest absolute Gasteiger partial charge is 0.309 e. The summed E-state index contributed by atoms with van der Waals surface area (Å²) in [5.41, 5.74) is 13.8. The van der Waals surface area contributed by atoms with E-state index in [0.29, 0.717) is 0 Å². The number of aromatic nitrogens is 4. The van der Waals surface area contributed by atoms with Crippen molar-refractivity contribution in [1.29, 1.82) is 0 Å². The minimum Gasteiger partial charge on any atom is -0.309 e. The van der Waals surface area contributed by atoms with Crippen molar-refractivity contribution in [3.05, 3.63) is 169 Å². The SMILES string of the molecule is Cc1cccc2nc(-c3ccc(-n4c5ccccc5c5ccccc54)cc3)c(-c3ccc(-n4c5ccccc5c5ccccc54)cc3)nc12. The van der Waals surface area contributed by atoms with Crippen molar-refractivity contribution < 1.29 is 0 Å². The van der Waals surface area contributed by atoms with Crippen LogP contribution in [0.1, 0.15) is 5.56 Å². The summed E-state index contributed by atoms with van der Waals surface area (Å²) >= 11 is 0. The Morgan fingerprint density at radius 3 is 1.18 bits per heavy atom. The van der Waals surface area contributed by atoms with Gasteiger partial charge in [-0.05, 0) is 67.1 Å². The van der Waals surface area contributed by atoms with Crippen LogP contribution in [0.25, 0.3) is 88.5 Å². The molecule has 230 valence electrons. The van der Waals surface area contributed by atoms with Gasteiger partial charge >= 0.3 is 0 Å². The number of rotatable bonds is 4. The van der Waals surface area contributed by atoms with E-state index < -0.39 is 0 Å². The van der Waals surface area contributed by atoms with Crippen LogP contribution in [-0.2, 0) is 0 Å². The van der Waals surface area contributed by atoms with Crippen LogP contribution in [0.4, 0.5) is 0 Å². The summed E-state index contributed by atoms with van der Waals surface area (Å²) in [6.45, 7) is 2.10. The normalized spacial score (nSPS) is 11.8. The molecule has 0 aliphatic carbocycles. The predicted octanol–water partition coefficient (Wildman–Crippen LogP) is 11.5. The van der Waals surface area contributed by atoms with Gasteiger partial charge in [0.2, 0.25) is 0 Å². The van der Waals surface area contributed by atoms with Gasteiger partial charge in [0.15, 0.2) is 0 Å². The molecule has 0 saturated heterocycles. The topological polar surface area (TPSA) is 35.6 Å². The number of nitrogens with zero attached hydrogens (tertiary/aromatic N) is 4. The fourth-order valence-corrected chi connectivity index (χ4v) is 7.56. The molecular formula is C45H30N4. The van der Waals surface area contributed by atoms with Gasteiger partial charge < -0.3 is 9.13 Å². The highest BCUT2D eigenvalue weighted by atomic mass is 15.0. The average Bonchev–Trinajstić information content (AvgIpc) is 3.68. The van der Waals surface area contributed by atoms with Crippen LogP contribution < -0.4 is 0 Å². The lowest BCUT2D eigenvalue weighted by Crippen LogP contribution is -1.99. The van der Waals surface area contributed by atoms with Crippen LogP contribution >= 0.6 is 0 Å². The number of hydrogen-bond donors (Lipinski definition) is 0. The summed E-state index contributed by atoms with van der Waals surface area (Å²) in [4.78, 5) is 10.5. The molecule has 0 N–H and O–H groups in total. The van der Waals surface area contributed by atoms with Gasteiger partial charge in [-0.2, -0.15) is 0 Å². The summed E-state index contributed by atoms with van der Waals surface area (Å²) in [5, 5.41) is 5.02. The molecule has 0 spiro atoms. The van der Waals surface area contributed by atoms with Crippen molar-refractivity contribution in [2.24, 2.45) is 0 Å². The standard InChI is InChI=1S/C45H30N4/c1-29-11-10-16-38-43(29)47-45(31-23-27-33(28-24-31)49-41-19-8-4-14-36(41)37-15-5-9-20-42(37)49)44(46-38)30-21-25-32(26-22-30)48-39-17-6-2-12-34(39)35-13-3-7-18-40(35)48/h2-28H,1H3. The molecular weight excluding hydrogens is 597 g/mol. The lowest BCUT2D eigenvalue weighted by molar-refractivity contribution is 1.18. The average molecular weight is 627 g/mol. The molecule has 4 nitrogen and oxygen atoms in total. The molecule has 7 aromatic carbocycles. The van der Waals surface area contributed by atoms with Crippen molar-refractivity contribution in [3.8, 4) is 33.9 Å². The van der Waals surface area contributed by atoms with E-state index in [9.17, 15) is 0 Å². The monoisotopic (exact) mass is 626 g/mol. The molecule has 4 heteroatoms. The zero-order chi connectivity index (χ0) is 32.5. The summed E-state index contributed by atoms with van der Waals surface area (Å²) < 4.78 is 4.69. The first-order valence-corrected chi connectivity index (χ1v) is 16.7. The van der Waals surface area contributed by atoms with Gasteiger partial charge in [-0.25, -0.2) is 9.97 Å². The maximum atomic E-state index is 5.29.